The summed E-state index contributed by atoms with van der Waals surface area (Å²) in [6.45, 7) is 1.53. The number of carbonyl (C=O) groups is 1. The van der Waals surface area contributed by atoms with Crippen molar-refractivity contribution < 1.29 is 17.9 Å². The van der Waals surface area contributed by atoms with E-state index in [1.807, 2.05) is 6.92 Å². The quantitative estimate of drug-likeness (QED) is 0.507. The van der Waals surface area contributed by atoms with Gasteiger partial charge >= 0.3 is 0 Å². The number of rotatable bonds is 7. The summed E-state index contributed by atoms with van der Waals surface area (Å²) in [7, 11) is -3.82. The SMILES string of the molecule is Cc1ccc(Cl)cc1NC(=O)COc1ccc(S(=O)(=O)Nc2ccccc2)cc1Cl. The fraction of sp³-hybridized carbons (Fsp3) is 0.0952. The second kappa shape index (κ2) is 9.38. The van der Waals surface area contributed by atoms with Crippen LogP contribution in [0.5, 0.6) is 5.75 Å². The summed E-state index contributed by atoms with van der Waals surface area (Å²) in [5.41, 5.74) is 1.86. The highest BCUT2D eigenvalue weighted by molar-refractivity contribution is 7.92. The zero-order valence-corrected chi connectivity index (χ0v) is 18.2. The Kier molecular flexibility index (Phi) is 6.87. The molecular formula is C21H18Cl2N2O4S. The van der Waals surface area contributed by atoms with Crippen LogP contribution in [0.25, 0.3) is 0 Å². The number of aryl methyl sites for hydroxylation is 1. The van der Waals surface area contributed by atoms with E-state index in [9.17, 15) is 13.2 Å². The number of amides is 1. The van der Waals surface area contributed by atoms with Gasteiger partial charge < -0.3 is 10.1 Å². The standard InChI is InChI=1S/C21H18Cl2N2O4S/c1-14-7-8-15(22)11-19(14)24-21(26)13-29-20-10-9-17(12-18(20)23)30(27,28)25-16-5-3-2-4-6-16/h2-12,25H,13H2,1H3,(H,24,26). The Bertz CT molecular complexity index is 1170. The van der Waals surface area contributed by atoms with Gasteiger partial charge in [0.1, 0.15) is 5.75 Å². The third-order valence-electron chi connectivity index (χ3n) is 4.07. The maximum absolute atomic E-state index is 12.5. The molecule has 30 heavy (non-hydrogen) atoms. The molecule has 0 aliphatic carbocycles. The highest BCUT2D eigenvalue weighted by Crippen LogP contribution is 2.28. The number of para-hydroxylation sites is 1. The Balaban J connectivity index is 1.65. The molecule has 3 rings (SSSR count). The molecule has 0 aliphatic rings. The van der Waals surface area contributed by atoms with E-state index in [4.69, 9.17) is 27.9 Å². The van der Waals surface area contributed by atoms with E-state index in [2.05, 4.69) is 10.0 Å². The number of anilines is 2. The van der Waals surface area contributed by atoms with Crippen molar-refractivity contribution in [1.82, 2.24) is 0 Å². The van der Waals surface area contributed by atoms with Crippen LogP contribution in [0.1, 0.15) is 5.56 Å². The molecule has 156 valence electrons. The van der Waals surface area contributed by atoms with Crippen molar-refractivity contribution in [3.05, 3.63) is 82.3 Å². The molecule has 0 saturated heterocycles. The molecule has 3 aromatic rings. The Labute approximate surface area is 184 Å². The fourth-order valence-electron chi connectivity index (χ4n) is 2.54. The van der Waals surface area contributed by atoms with E-state index in [0.29, 0.717) is 16.4 Å². The summed E-state index contributed by atoms with van der Waals surface area (Å²) < 4.78 is 32.9. The van der Waals surface area contributed by atoms with E-state index >= 15 is 0 Å². The van der Waals surface area contributed by atoms with Gasteiger partial charge in [0.25, 0.3) is 15.9 Å². The molecule has 0 fully saturated rings. The molecule has 0 atom stereocenters. The van der Waals surface area contributed by atoms with Crippen molar-refractivity contribution in [1.29, 1.82) is 0 Å². The second-order valence-corrected chi connectivity index (χ2v) is 8.89. The topological polar surface area (TPSA) is 84.5 Å². The molecule has 2 N–H and O–H groups in total. The Morgan fingerprint density at radius 3 is 2.43 bits per heavy atom. The summed E-state index contributed by atoms with van der Waals surface area (Å²) in [5.74, 6) is -0.216. The monoisotopic (exact) mass is 464 g/mol. The van der Waals surface area contributed by atoms with Crippen molar-refractivity contribution in [3.63, 3.8) is 0 Å². The average Bonchev–Trinajstić information content (AvgIpc) is 2.70. The smallest absolute Gasteiger partial charge is 0.262 e. The maximum atomic E-state index is 12.5. The van der Waals surface area contributed by atoms with E-state index in [1.54, 1.807) is 48.5 Å². The maximum Gasteiger partial charge on any atom is 0.262 e. The average molecular weight is 465 g/mol. The van der Waals surface area contributed by atoms with Crippen molar-refractivity contribution in [2.45, 2.75) is 11.8 Å². The highest BCUT2D eigenvalue weighted by atomic mass is 35.5. The first-order valence-corrected chi connectivity index (χ1v) is 11.0. The molecule has 3 aromatic carbocycles. The molecule has 0 unspecified atom stereocenters. The van der Waals surface area contributed by atoms with Gasteiger partial charge in [0.15, 0.2) is 6.61 Å². The van der Waals surface area contributed by atoms with Crippen LogP contribution in [0.15, 0.2) is 71.6 Å². The van der Waals surface area contributed by atoms with Gasteiger partial charge in [-0.1, -0.05) is 47.5 Å². The van der Waals surface area contributed by atoms with E-state index in [-0.39, 0.29) is 22.3 Å². The minimum absolute atomic E-state index is 0.0253. The van der Waals surface area contributed by atoms with Gasteiger partial charge in [-0.05, 0) is 55.0 Å². The van der Waals surface area contributed by atoms with Crippen LogP contribution in [0.4, 0.5) is 11.4 Å². The normalized spacial score (nSPS) is 11.0. The van der Waals surface area contributed by atoms with Crippen LogP contribution in [0, 0.1) is 6.92 Å². The number of ether oxygens (including phenoxy) is 1. The third kappa shape index (κ3) is 5.66. The molecule has 0 spiro atoms. The number of hydrogen-bond acceptors (Lipinski definition) is 4. The Hall–Kier alpha value is -2.74. The largest absolute Gasteiger partial charge is 0.482 e. The van der Waals surface area contributed by atoms with Crippen molar-refractivity contribution in [2.75, 3.05) is 16.6 Å². The van der Waals surface area contributed by atoms with Crippen LogP contribution in [0.2, 0.25) is 10.0 Å². The van der Waals surface area contributed by atoms with Gasteiger partial charge in [-0.3, -0.25) is 9.52 Å². The van der Waals surface area contributed by atoms with Gasteiger partial charge in [0.2, 0.25) is 0 Å². The Morgan fingerprint density at radius 1 is 1.00 bits per heavy atom. The fourth-order valence-corrected chi connectivity index (χ4v) is 4.10. The predicted molar refractivity (Wildman–Crippen MR) is 119 cm³/mol. The van der Waals surface area contributed by atoms with Crippen LogP contribution in [0.3, 0.4) is 0 Å². The van der Waals surface area contributed by atoms with E-state index in [1.165, 1.54) is 18.2 Å². The number of benzene rings is 3. The zero-order chi connectivity index (χ0) is 21.7. The molecule has 1 amide bonds. The second-order valence-electron chi connectivity index (χ2n) is 6.36. The number of halogens is 2. The highest BCUT2D eigenvalue weighted by Gasteiger charge is 2.17. The number of hydrogen-bond donors (Lipinski definition) is 2. The predicted octanol–water partition coefficient (Wildman–Crippen LogP) is 5.12. The van der Waals surface area contributed by atoms with Crippen molar-refractivity contribution in [3.8, 4) is 5.75 Å². The molecule has 0 heterocycles. The molecule has 0 aliphatic heterocycles. The minimum Gasteiger partial charge on any atom is -0.482 e. The Morgan fingerprint density at radius 2 is 1.73 bits per heavy atom. The summed E-state index contributed by atoms with van der Waals surface area (Å²) >= 11 is 12.1. The van der Waals surface area contributed by atoms with E-state index < -0.39 is 15.9 Å². The van der Waals surface area contributed by atoms with Crippen molar-refractivity contribution in [2.24, 2.45) is 0 Å². The zero-order valence-electron chi connectivity index (χ0n) is 15.9. The molecule has 9 heteroatoms. The molecular weight excluding hydrogens is 447 g/mol. The third-order valence-corrected chi connectivity index (χ3v) is 5.98. The number of nitrogens with one attached hydrogen (secondary N) is 2. The van der Waals surface area contributed by atoms with Crippen LogP contribution in [-0.4, -0.2) is 20.9 Å². The van der Waals surface area contributed by atoms with Gasteiger partial charge in [-0.25, -0.2) is 8.42 Å². The summed E-state index contributed by atoms with van der Waals surface area (Å²) in [4.78, 5) is 12.1. The van der Waals surface area contributed by atoms with Crippen LogP contribution in [-0.2, 0) is 14.8 Å². The van der Waals surface area contributed by atoms with E-state index in [0.717, 1.165) is 5.56 Å². The lowest BCUT2D eigenvalue weighted by Crippen LogP contribution is -2.20. The lowest BCUT2D eigenvalue weighted by atomic mass is 10.2. The first kappa shape index (κ1) is 22.0. The summed E-state index contributed by atoms with van der Waals surface area (Å²) in [5, 5.41) is 3.27. The molecule has 6 nitrogen and oxygen atoms in total. The molecule has 0 bridgehead atoms. The first-order valence-electron chi connectivity index (χ1n) is 8.81. The van der Waals surface area contributed by atoms with Gasteiger partial charge in [0.05, 0.1) is 9.92 Å². The lowest BCUT2D eigenvalue weighted by Gasteiger charge is -2.12. The van der Waals surface area contributed by atoms with Crippen molar-refractivity contribution >= 4 is 50.5 Å². The number of carbonyl (C=O) groups excluding carboxylic acids is 1. The minimum atomic E-state index is -3.82. The molecule has 0 radical (unpaired) electrons. The molecule has 0 aromatic heterocycles. The first-order chi connectivity index (χ1) is 14.2. The van der Waals surface area contributed by atoms with Crippen LogP contribution >= 0.6 is 23.2 Å². The lowest BCUT2D eigenvalue weighted by molar-refractivity contribution is -0.118. The summed E-state index contributed by atoms with van der Waals surface area (Å²) in [6, 6.07) is 17.7. The summed E-state index contributed by atoms with van der Waals surface area (Å²) in [6.07, 6.45) is 0. The molecule has 0 saturated carbocycles. The van der Waals surface area contributed by atoms with Gasteiger partial charge in [0, 0.05) is 16.4 Å². The van der Waals surface area contributed by atoms with Gasteiger partial charge in [-0.2, -0.15) is 0 Å². The number of sulfonamides is 1. The van der Waals surface area contributed by atoms with Crippen LogP contribution < -0.4 is 14.8 Å². The van der Waals surface area contributed by atoms with Gasteiger partial charge in [-0.15, -0.1) is 0 Å².